The average Bonchev–Trinajstić information content (AvgIpc) is 2.52. The van der Waals surface area contributed by atoms with E-state index in [4.69, 9.17) is 11.6 Å². The summed E-state index contributed by atoms with van der Waals surface area (Å²) in [7, 11) is 0. The number of anilines is 2. The van der Waals surface area contributed by atoms with Gasteiger partial charge in [-0.25, -0.2) is 0 Å². The number of amides is 2. The van der Waals surface area contributed by atoms with E-state index in [1.54, 1.807) is 18.2 Å². The number of thioether (sulfide) groups is 1. The minimum absolute atomic E-state index is 0.140. The summed E-state index contributed by atoms with van der Waals surface area (Å²) in [6, 6.07) is 12.8. The lowest BCUT2D eigenvalue weighted by molar-refractivity contribution is -0.114. The first-order valence-electron chi connectivity index (χ1n) is 7.13. The van der Waals surface area contributed by atoms with Crippen LogP contribution in [0, 0.1) is 6.92 Å². The highest BCUT2D eigenvalue weighted by atomic mass is 79.9. The van der Waals surface area contributed by atoms with E-state index in [9.17, 15) is 9.59 Å². The lowest BCUT2D eigenvalue weighted by atomic mass is 10.2. The number of hydrogen-bond acceptors (Lipinski definition) is 3. The minimum Gasteiger partial charge on any atom is -0.325 e. The van der Waals surface area contributed by atoms with Gasteiger partial charge < -0.3 is 10.6 Å². The summed E-state index contributed by atoms with van der Waals surface area (Å²) in [6.07, 6.45) is 0. The molecule has 2 aromatic carbocycles. The van der Waals surface area contributed by atoms with Crippen LogP contribution < -0.4 is 10.6 Å². The van der Waals surface area contributed by atoms with Gasteiger partial charge in [-0.15, -0.1) is 11.8 Å². The predicted octanol–water partition coefficient (Wildman–Crippen LogP) is 4.72. The number of aryl methyl sites for hydroxylation is 1. The highest BCUT2D eigenvalue weighted by molar-refractivity contribution is 9.10. The summed E-state index contributed by atoms with van der Waals surface area (Å²) < 4.78 is 0.840. The molecule has 7 heteroatoms. The van der Waals surface area contributed by atoms with E-state index in [0.717, 1.165) is 15.7 Å². The first-order valence-corrected chi connectivity index (χ1v) is 9.46. The molecule has 0 spiro atoms. The molecule has 126 valence electrons. The zero-order valence-corrected chi connectivity index (χ0v) is 16.1. The van der Waals surface area contributed by atoms with Crippen LogP contribution in [0.15, 0.2) is 46.9 Å². The quantitative estimate of drug-likeness (QED) is 0.701. The summed E-state index contributed by atoms with van der Waals surface area (Å²) in [5, 5.41) is 5.97. The van der Waals surface area contributed by atoms with Gasteiger partial charge >= 0.3 is 0 Å². The van der Waals surface area contributed by atoms with E-state index in [2.05, 4.69) is 26.6 Å². The Morgan fingerprint density at radius 3 is 2.29 bits per heavy atom. The third-order valence-electron chi connectivity index (χ3n) is 3.01. The van der Waals surface area contributed by atoms with Gasteiger partial charge in [0, 0.05) is 10.2 Å². The van der Waals surface area contributed by atoms with Crippen molar-refractivity contribution in [3.8, 4) is 0 Å². The molecular formula is C17H16BrClN2O2S. The van der Waals surface area contributed by atoms with E-state index >= 15 is 0 Å². The van der Waals surface area contributed by atoms with Crippen LogP contribution in [0.4, 0.5) is 11.4 Å². The average molecular weight is 428 g/mol. The highest BCUT2D eigenvalue weighted by Gasteiger charge is 2.08. The van der Waals surface area contributed by atoms with E-state index in [1.165, 1.54) is 11.8 Å². The van der Waals surface area contributed by atoms with Gasteiger partial charge in [0.15, 0.2) is 0 Å². The Labute approximate surface area is 158 Å². The Morgan fingerprint density at radius 2 is 1.67 bits per heavy atom. The van der Waals surface area contributed by atoms with E-state index in [1.807, 2.05) is 31.2 Å². The van der Waals surface area contributed by atoms with Crippen LogP contribution in [-0.2, 0) is 9.59 Å². The molecule has 0 saturated heterocycles. The van der Waals surface area contributed by atoms with Crippen molar-refractivity contribution in [3.63, 3.8) is 0 Å². The molecule has 2 N–H and O–H groups in total. The molecule has 0 bridgehead atoms. The van der Waals surface area contributed by atoms with E-state index in [0.29, 0.717) is 10.7 Å². The van der Waals surface area contributed by atoms with E-state index < -0.39 is 0 Å². The Balaban J connectivity index is 1.73. The fourth-order valence-electron chi connectivity index (χ4n) is 1.85. The fraction of sp³-hybridized carbons (Fsp3) is 0.176. The maximum atomic E-state index is 11.9. The second-order valence-electron chi connectivity index (χ2n) is 5.08. The molecule has 2 aromatic rings. The first kappa shape index (κ1) is 18.8. The summed E-state index contributed by atoms with van der Waals surface area (Å²) in [6.45, 7) is 1.98. The third-order valence-corrected chi connectivity index (χ3v) is 4.75. The van der Waals surface area contributed by atoms with Gasteiger partial charge in [-0.2, -0.15) is 0 Å². The summed E-state index contributed by atoms with van der Waals surface area (Å²) >= 11 is 10.6. The van der Waals surface area contributed by atoms with Crippen molar-refractivity contribution in [3.05, 3.63) is 57.5 Å². The molecule has 0 unspecified atom stereocenters. The van der Waals surface area contributed by atoms with Crippen LogP contribution in [-0.4, -0.2) is 23.3 Å². The standard InChI is InChI=1S/C17H16BrClN2O2S/c1-11-2-5-13(6-3-11)20-16(22)9-24-10-17(23)21-15-7-4-12(18)8-14(15)19/h2-8H,9-10H2,1H3,(H,20,22)(H,21,23). The summed E-state index contributed by atoms with van der Waals surface area (Å²) in [4.78, 5) is 23.7. The van der Waals surface area contributed by atoms with Gasteiger partial charge in [0.25, 0.3) is 0 Å². The lowest BCUT2D eigenvalue weighted by Gasteiger charge is -2.08. The van der Waals surface area contributed by atoms with Crippen molar-refractivity contribution < 1.29 is 9.59 Å². The normalized spacial score (nSPS) is 10.3. The molecule has 0 heterocycles. The SMILES string of the molecule is Cc1ccc(NC(=O)CSCC(=O)Nc2ccc(Br)cc2Cl)cc1. The Bertz CT molecular complexity index is 738. The fourth-order valence-corrected chi connectivity index (χ4v) is 3.19. The van der Waals surface area contributed by atoms with Crippen molar-refractivity contribution in [2.45, 2.75) is 6.92 Å². The maximum absolute atomic E-state index is 11.9. The van der Waals surface area contributed by atoms with Gasteiger partial charge in [-0.05, 0) is 37.3 Å². The van der Waals surface area contributed by atoms with Gasteiger partial charge in [0.05, 0.1) is 22.2 Å². The number of nitrogens with one attached hydrogen (secondary N) is 2. The van der Waals surface area contributed by atoms with Crippen LogP contribution in [0.5, 0.6) is 0 Å². The number of halogens is 2. The van der Waals surface area contributed by atoms with Crippen LogP contribution in [0.3, 0.4) is 0 Å². The number of benzene rings is 2. The maximum Gasteiger partial charge on any atom is 0.234 e. The Hall–Kier alpha value is -1.50. The van der Waals surface area contributed by atoms with Crippen LogP contribution in [0.25, 0.3) is 0 Å². The van der Waals surface area contributed by atoms with E-state index in [-0.39, 0.29) is 23.3 Å². The number of hydrogen-bond donors (Lipinski definition) is 2. The summed E-state index contributed by atoms with van der Waals surface area (Å²) in [5.74, 6) is 0.0361. The van der Waals surface area contributed by atoms with Gasteiger partial charge in [-0.3, -0.25) is 9.59 Å². The molecule has 0 aliphatic carbocycles. The second-order valence-corrected chi connectivity index (χ2v) is 7.39. The first-order chi connectivity index (χ1) is 11.4. The van der Waals surface area contributed by atoms with Crippen molar-refractivity contribution in [2.75, 3.05) is 22.1 Å². The molecule has 0 saturated carbocycles. The second kappa shape index (κ2) is 9.11. The molecule has 2 amide bonds. The molecule has 0 aliphatic rings. The molecule has 0 aromatic heterocycles. The molecule has 24 heavy (non-hydrogen) atoms. The lowest BCUT2D eigenvalue weighted by Crippen LogP contribution is -2.18. The largest absolute Gasteiger partial charge is 0.325 e. The molecule has 0 fully saturated rings. The third kappa shape index (κ3) is 6.19. The molecule has 0 atom stereocenters. The minimum atomic E-state index is -0.202. The molecular weight excluding hydrogens is 412 g/mol. The molecule has 4 nitrogen and oxygen atoms in total. The van der Waals surface area contributed by atoms with Gasteiger partial charge in [-0.1, -0.05) is 45.2 Å². The van der Waals surface area contributed by atoms with Crippen molar-refractivity contribution in [2.24, 2.45) is 0 Å². The van der Waals surface area contributed by atoms with Gasteiger partial charge in [0.1, 0.15) is 0 Å². The van der Waals surface area contributed by atoms with Crippen molar-refractivity contribution >= 4 is 62.5 Å². The van der Waals surface area contributed by atoms with Crippen molar-refractivity contribution in [1.29, 1.82) is 0 Å². The smallest absolute Gasteiger partial charge is 0.234 e. The zero-order valence-electron chi connectivity index (χ0n) is 12.9. The Morgan fingerprint density at radius 1 is 1.04 bits per heavy atom. The highest BCUT2D eigenvalue weighted by Crippen LogP contribution is 2.25. The topological polar surface area (TPSA) is 58.2 Å². The van der Waals surface area contributed by atoms with Gasteiger partial charge in [0.2, 0.25) is 11.8 Å². The van der Waals surface area contributed by atoms with Crippen LogP contribution >= 0.6 is 39.3 Å². The number of carbonyl (C=O) groups excluding carboxylic acids is 2. The number of carbonyl (C=O) groups is 2. The molecule has 0 radical (unpaired) electrons. The zero-order chi connectivity index (χ0) is 17.5. The summed E-state index contributed by atoms with van der Waals surface area (Å²) in [5.41, 5.74) is 2.43. The van der Waals surface area contributed by atoms with Crippen LogP contribution in [0.2, 0.25) is 5.02 Å². The molecule has 2 rings (SSSR count). The predicted molar refractivity (Wildman–Crippen MR) is 105 cm³/mol. The number of rotatable bonds is 6. The monoisotopic (exact) mass is 426 g/mol. The van der Waals surface area contributed by atoms with Crippen molar-refractivity contribution in [1.82, 2.24) is 0 Å². The Kier molecular flexibility index (Phi) is 7.15. The molecule has 0 aliphatic heterocycles. The van der Waals surface area contributed by atoms with Crippen LogP contribution in [0.1, 0.15) is 5.56 Å².